The summed E-state index contributed by atoms with van der Waals surface area (Å²) in [6.45, 7) is 6.04. The number of carbonyl (C=O) groups is 1. The molecule has 3 heteroatoms. The second kappa shape index (κ2) is 4.42. The van der Waals surface area contributed by atoms with Crippen LogP contribution in [0.25, 0.3) is 0 Å². The number of nitrogens with zero attached hydrogens (tertiary/aromatic N) is 1. The lowest BCUT2D eigenvalue weighted by Crippen LogP contribution is -2.40. The van der Waals surface area contributed by atoms with E-state index < -0.39 is 0 Å². The van der Waals surface area contributed by atoms with Crippen molar-refractivity contribution < 1.29 is 4.79 Å². The van der Waals surface area contributed by atoms with Gasteiger partial charge in [-0.15, -0.1) is 0 Å². The third kappa shape index (κ3) is 2.56. The largest absolute Gasteiger partial charge is 0.338 e. The van der Waals surface area contributed by atoms with Crippen LogP contribution in [0.15, 0.2) is 11.6 Å². The fraction of sp³-hybridized carbons (Fsp3) is 0.700. The van der Waals surface area contributed by atoms with Gasteiger partial charge >= 0.3 is 0 Å². The lowest BCUT2D eigenvalue weighted by molar-refractivity contribution is -0.134. The summed E-state index contributed by atoms with van der Waals surface area (Å²) in [7, 11) is 0. The molecular weight excluding hydrogens is 164 g/mol. The molecule has 0 radical (unpaired) electrons. The maximum Gasteiger partial charge on any atom is 0.226 e. The van der Waals surface area contributed by atoms with Crippen LogP contribution in [0.2, 0.25) is 0 Å². The van der Waals surface area contributed by atoms with Crippen LogP contribution in [0, 0.1) is 5.92 Å². The van der Waals surface area contributed by atoms with Gasteiger partial charge in [0.25, 0.3) is 0 Å². The fourth-order valence-electron chi connectivity index (χ4n) is 1.38. The highest BCUT2D eigenvalue weighted by Gasteiger charge is 2.19. The van der Waals surface area contributed by atoms with Crippen molar-refractivity contribution in [2.75, 3.05) is 19.6 Å². The molecule has 1 unspecified atom stereocenters. The van der Waals surface area contributed by atoms with Gasteiger partial charge in [-0.2, -0.15) is 0 Å². The lowest BCUT2D eigenvalue weighted by atomic mass is 10.1. The topological polar surface area (TPSA) is 46.3 Å². The molecule has 0 aromatic heterocycles. The van der Waals surface area contributed by atoms with Crippen molar-refractivity contribution in [2.45, 2.75) is 20.3 Å². The number of carbonyl (C=O) groups excluding carboxylic acids is 1. The molecule has 0 bridgehead atoms. The molecule has 2 N–H and O–H groups in total. The van der Waals surface area contributed by atoms with Crippen molar-refractivity contribution in [1.29, 1.82) is 0 Å². The quantitative estimate of drug-likeness (QED) is 0.641. The number of hydrogen-bond acceptors (Lipinski definition) is 2. The molecule has 0 aromatic carbocycles. The van der Waals surface area contributed by atoms with E-state index in [-0.39, 0.29) is 11.8 Å². The van der Waals surface area contributed by atoms with Crippen LogP contribution in [0.3, 0.4) is 0 Å². The van der Waals surface area contributed by atoms with E-state index in [1.54, 1.807) is 0 Å². The SMILES string of the molecule is CC1=CCN(C(=O)C(C)CN)CC1. The van der Waals surface area contributed by atoms with Gasteiger partial charge < -0.3 is 10.6 Å². The molecule has 1 aliphatic heterocycles. The van der Waals surface area contributed by atoms with E-state index in [1.165, 1.54) is 5.57 Å². The predicted octanol–water partition coefficient (Wildman–Crippen LogP) is 0.760. The summed E-state index contributed by atoms with van der Waals surface area (Å²) in [6.07, 6.45) is 3.12. The molecule has 1 rings (SSSR count). The van der Waals surface area contributed by atoms with Crippen LogP contribution in [-0.4, -0.2) is 30.4 Å². The van der Waals surface area contributed by atoms with Gasteiger partial charge in [0.05, 0.1) is 0 Å². The van der Waals surface area contributed by atoms with Crippen LogP contribution in [0.5, 0.6) is 0 Å². The van der Waals surface area contributed by atoms with Crippen LogP contribution in [0.4, 0.5) is 0 Å². The van der Waals surface area contributed by atoms with Crippen molar-refractivity contribution in [3.63, 3.8) is 0 Å². The van der Waals surface area contributed by atoms with E-state index >= 15 is 0 Å². The van der Waals surface area contributed by atoms with Gasteiger partial charge in [0, 0.05) is 25.6 Å². The van der Waals surface area contributed by atoms with E-state index in [1.807, 2.05) is 11.8 Å². The van der Waals surface area contributed by atoms with Gasteiger partial charge in [0.1, 0.15) is 0 Å². The number of rotatable bonds is 2. The molecule has 1 amide bonds. The molecule has 3 nitrogen and oxygen atoms in total. The molecule has 0 fully saturated rings. The molecule has 0 aromatic rings. The summed E-state index contributed by atoms with van der Waals surface area (Å²) >= 11 is 0. The zero-order valence-electron chi connectivity index (χ0n) is 8.42. The maximum atomic E-state index is 11.7. The minimum Gasteiger partial charge on any atom is -0.338 e. The standard InChI is InChI=1S/C10H18N2O/c1-8-3-5-12(6-4-8)10(13)9(2)7-11/h3,9H,4-7,11H2,1-2H3. The van der Waals surface area contributed by atoms with Crippen LogP contribution in [-0.2, 0) is 4.79 Å². The highest BCUT2D eigenvalue weighted by molar-refractivity contribution is 5.79. The van der Waals surface area contributed by atoms with E-state index in [2.05, 4.69) is 13.0 Å². The van der Waals surface area contributed by atoms with Crippen molar-refractivity contribution in [2.24, 2.45) is 11.7 Å². The first-order valence-electron chi connectivity index (χ1n) is 4.79. The smallest absolute Gasteiger partial charge is 0.226 e. The van der Waals surface area contributed by atoms with Crippen molar-refractivity contribution in [3.05, 3.63) is 11.6 Å². The zero-order chi connectivity index (χ0) is 9.84. The van der Waals surface area contributed by atoms with Gasteiger partial charge in [-0.05, 0) is 13.3 Å². The first-order valence-corrected chi connectivity index (χ1v) is 4.79. The Morgan fingerprint density at radius 3 is 2.92 bits per heavy atom. The Bertz CT molecular complexity index is 223. The second-order valence-electron chi connectivity index (χ2n) is 3.72. The number of nitrogens with two attached hydrogens (primary N) is 1. The highest BCUT2D eigenvalue weighted by atomic mass is 16.2. The van der Waals surface area contributed by atoms with E-state index in [9.17, 15) is 4.79 Å². The van der Waals surface area contributed by atoms with Crippen molar-refractivity contribution in [3.8, 4) is 0 Å². The average Bonchev–Trinajstić information content (AvgIpc) is 2.17. The lowest BCUT2D eigenvalue weighted by Gasteiger charge is -2.27. The number of hydrogen-bond donors (Lipinski definition) is 1. The molecule has 1 heterocycles. The first-order chi connectivity index (χ1) is 6.15. The Morgan fingerprint density at radius 2 is 2.46 bits per heavy atom. The normalized spacial score (nSPS) is 19.6. The molecule has 13 heavy (non-hydrogen) atoms. The molecule has 0 saturated carbocycles. The minimum atomic E-state index is -0.0354. The highest BCUT2D eigenvalue weighted by Crippen LogP contribution is 2.11. The third-order valence-corrected chi connectivity index (χ3v) is 2.52. The Hall–Kier alpha value is -0.830. The molecule has 0 aliphatic carbocycles. The monoisotopic (exact) mass is 182 g/mol. The van der Waals surface area contributed by atoms with Crippen molar-refractivity contribution in [1.82, 2.24) is 4.90 Å². The Labute approximate surface area is 79.6 Å². The van der Waals surface area contributed by atoms with Gasteiger partial charge in [-0.25, -0.2) is 0 Å². The van der Waals surface area contributed by atoms with Gasteiger partial charge in [-0.1, -0.05) is 18.6 Å². The fourth-order valence-corrected chi connectivity index (χ4v) is 1.38. The van der Waals surface area contributed by atoms with Crippen LogP contribution < -0.4 is 5.73 Å². The summed E-state index contributed by atoms with van der Waals surface area (Å²) in [5.41, 5.74) is 6.82. The van der Waals surface area contributed by atoms with E-state index in [0.29, 0.717) is 6.54 Å². The average molecular weight is 182 g/mol. The van der Waals surface area contributed by atoms with Gasteiger partial charge in [-0.3, -0.25) is 4.79 Å². The maximum absolute atomic E-state index is 11.7. The minimum absolute atomic E-state index is 0.0354. The molecular formula is C10H18N2O. The summed E-state index contributed by atoms with van der Waals surface area (Å²) in [5.74, 6) is 0.151. The second-order valence-corrected chi connectivity index (χ2v) is 3.72. The van der Waals surface area contributed by atoms with Crippen LogP contribution in [0.1, 0.15) is 20.3 Å². The summed E-state index contributed by atoms with van der Waals surface area (Å²) in [6, 6.07) is 0. The van der Waals surface area contributed by atoms with Gasteiger partial charge in [0.15, 0.2) is 0 Å². The Morgan fingerprint density at radius 1 is 1.77 bits per heavy atom. The Balaban J connectivity index is 2.50. The first kappa shape index (κ1) is 10.3. The van der Waals surface area contributed by atoms with Crippen LogP contribution >= 0.6 is 0 Å². The molecule has 1 aliphatic rings. The predicted molar refractivity (Wildman–Crippen MR) is 53.2 cm³/mol. The van der Waals surface area contributed by atoms with E-state index in [4.69, 9.17) is 5.73 Å². The summed E-state index contributed by atoms with van der Waals surface area (Å²) in [4.78, 5) is 13.5. The molecule has 0 spiro atoms. The van der Waals surface area contributed by atoms with Crippen molar-refractivity contribution >= 4 is 5.91 Å². The summed E-state index contributed by atoms with van der Waals surface area (Å²) in [5, 5.41) is 0. The molecule has 1 atom stereocenters. The number of amides is 1. The third-order valence-electron chi connectivity index (χ3n) is 2.52. The van der Waals surface area contributed by atoms with Gasteiger partial charge in [0.2, 0.25) is 5.91 Å². The zero-order valence-corrected chi connectivity index (χ0v) is 8.42. The molecule has 0 saturated heterocycles. The Kier molecular flexibility index (Phi) is 3.48. The molecule has 74 valence electrons. The summed E-state index contributed by atoms with van der Waals surface area (Å²) < 4.78 is 0. The van der Waals surface area contributed by atoms with E-state index in [0.717, 1.165) is 19.5 Å².